The summed E-state index contributed by atoms with van der Waals surface area (Å²) < 4.78 is 24.1. The Labute approximate surface area is 200 Å². The maximum Gasteiger partial charge on any atom is 0.311 e. The number of nitrogens with one attached hydrogen (secondary N) is 1. The first-order chi connectivity index (χ1) is 16.1. The standard InChI is InChI=1S/C24H24ClFN2O6/c1-24(13-29,23(31)32)12-17(27-22(30)20-11-21(33-2)28-34-20)9-14-3-5-15(6-4-14)18-10-16(25)7-8-19(18)26/h3-8,10-11,17,29H,9,12-13H2,1-2H3,(H,27,30)(H,31,32). The van der Waals surface area contributed by atoms with Gasteiger partial charge in [-0.1, -0.05) is 35.9 Å². The smallest absolute Gasteiger partial charge is 0.311 e. The number of methoxy groups -OCH3 is 1. The number of benzene rings is 2. The Morgan fingerprint density at radius 3 is 2.53 bits per heavy atom. The summed E-state index contributed by atoms with van der Waals surface area (Å²) >= 11 is 5.98. The zero-order chi connectivity index (χ0) is 24.9. The highest BCUT2D eigenvalue weighted by molar-refractivity contribution is 6.30. The normalized spacial score (nSPS) is 13.7. The molecule has 0 saturated heterocycles. The number of carbonyl (C=O) groups excluding carboxylic acids is 1. The molecule has 3 N–H and O–H groups in total. The van der Waals surface area contributed by atoms with Crippen molar-refractivity contribution in [1.82, 2.24) is 10.5 Å². The molecule has 0 aliphatic carbocycles. The van der Waals surface area contributed by atoms with Crippen molar-refractivity contribution in [1.29, 1.82) is 0 Å². The van der Waals surface area contributed by atoms with Crippen molar-refractivity contribution in [3.63, 3.8) is 0 Å². The lowest BCUT2D eigenvalue weighted by molar-refractivity contribution is -0.151. The van der Waals surface area contributed by atoms with Gasteiger partial charge < -0.3 is 24.8 Å². The number of nitrogens with zero attached hydrogens (tertiary/aromatic N) is 1. The molecule has 0 spiro atoms. The van der Waals surface area contributed by atoms with Gasteiger partial charge in [-0.15, -0.1) is 0 Å². The Kier molecular flexibility index (Phi) is 7.90. The Balaban J connectivity index is 1.83. The lowest BCUT2D eigenvalue weighted by atomic mass is 9.82. The van der Waals surface area contributed by atoms with Gasteiger partial charge in [0.25, 0.3) is 11.8 Å². The van der Waals surface area contributed by atoms with Crippen LogP contribution in [0.3, 0.4) is 0 Å². The molecule has 2 atom stereocenters. The molecule has 1 aromatic heterocycles. The number of hydrogen-bond donors (Lipinski definition) is 3. The largest absolute Gasteiger partial charge is 0.481 e. The number of amides is 1. The van der Waals surface area contributed by atoms with Crippen LogP contribution in [0.1, 0.15) is 29.5 Å². The number of halogens is 2. The van der Waals surface area contributed by atoms with Crippen LogP contribution in [-0.2, 0) is 11.2 Å². The van der Waals surface area contributed by atoms with Gasteiger partial charge in [0.1, 0.15) is 5.82 Å². The molecular weight excluding hydrogens is 467 g/mol. The van der Waals surface area contributed by atoms with Gasteiger partial charge in [-0.05, 0) is 54.2 Å². The highest BCUT2D eigenvalue weighted by atomic mass is 35.5. The molecule has 3 aromatic rings. The Morgan fingerprint density at radius 2 is 1.94 bits per heavy atom. The molecule has 0 aliphatic rings. The van der Waals surface area contributed by atoms with E-state index < -0.39 is 35.8 Å². The molecule has 0 saturated carbocycles. The van der Waals surface area contributed by atoms with Gasteiger partial charge in [-0.2, -0.15) is 0 Å². The van der Waals surface area contributed by atoms with E-state index in [4.69, 9.17) is 20.9 Å². The summed E-state index contributed by atoms with van der Waals surface area (Å²) in [7, 11) is 1.38. The molecule has 0 aliphatic heterocycles. The van der Waals surface area contributed by atoms with E-state index in [0.717, 1.165) is 5.56 Å². The number of carbonyl (C=O) groups is 2. The quantitative estimate of drug-likeness (QED) is 0.393. The van der Waals surface area contributed by atoms with Gasteiger partial charge in [-0.3, -0.25) is 9.59 Å². The van der Waals surface area contributed by atoms with Gasteiger partial charge in [0, 0.05) is 16.6 Å². The number of carboxylic acids is 1. The lowest BCUT2D eigenvalue weighted by Crippen LogP contribution is -2.44. The highest BCUT2D eigenvalue weighted by Crippen LogP contribution is 2.28. The average Bonchev–Trinajstić information content (AvgIpc) is 3.30. The van der Waals surface area contributed by atoms with Crippen molar-refractivity contribution >= 4 is 23.5 Å². The predicted molar refractivity (Wildman–Crippen MR) is 122 cm³/mol. The molecule has 10 heteroatoms. The van der Waals surface area contributed by atoms with E-state index in [-0.39, 0.29) is 24.5 Å². The van der Waals surface area contributed by atoms with Gasteiger partial charge in [0.2, 0.25) is 5.76 Å². The van der Waals surface area contributed by atoms with Crippen molar-refractivity contribution in [2.45, 2.75) is 25.8 Å². The number of aromatic nitrogens is 1. The Morgan fingerprint density at radius 1 is 1.24 bits per heavy atom. The molecule has 3 rings (SSSR count). The summed E-state index contributed by atoms with van der Waals surface area (Å²) in [6.45, 7) is 0.787. The van der Waals surface area contributed by atoms with E-state index in [1.54, 1.807) is 24.3 Å². The van der Waals surface area contributed by atoms with E-state index in [1.165, 1.54) is 38.3 Å². The van der Waals surface area contributed by atoms with Crippen LogP contribution in [0.15, 0.2) is 53.1 Å². The summed E-state index contributed by atoms with van der Waals surface area (Å²) in [5.74, 6) is -2.19. The van der Waals surface area contributed by atoms with Crippen molar-refractivity contribution in [2.24, 2.45) is 5.41 Å². The number of aliphatic carboxylic acids is 1. The van der Waals surface area contributed by atoms with E-state index in [9.17, 15) is 24.2 Å². The first kappa shape index (κ1) is 25.2. The number of aliphatic hydroxyl groups is 1. The molecule has 0 radical (unpaired) electrons. The molecule has 34 heavy (non-hydrogen) atoms. The molecule has 2 aromatic carbocycles. The van der Waals surface area contributed by atoms with Crippen LogP contribution < -0.4 is 10.1 Å². The molecule has 0 bridgehead atoms. The fourth-order valence-corrected chi connectivity index (χ4v) is 3.65. The summed E-state index contributed by atoms with van der Waals surface area (Å²) in [6, 6.07) is 11.9. The van der Waals surface area contributed by atoms with Crippen LogP contribution in [0.25, 0.3) is 11.1 Å². The van der Waals surface area contributed by atoms with Crippen molar-refractivity contribution < 1.29 is 33.5 Å². The van der Waals surface area contributed by atoms with Gasteiger partial charge >= 0.3 is 5.97 Å². The monoisotopic (exact) mass is 490 g/mol. The summed E-state index contributed by atoms with van der Waals surface area (Å²) in [6.07, 6.45) is 0.193. The average molecular weight is 491 g/mol. The van der Waals surface area contributed by atoms with Crippen LogP contribution in [0.4, 0.5) is 4.39 Å². The molecular formula is C24H24ClFN2O6. The number of carboxylic acid groups (broad SMARTS) is 1. The maximum atomic E-state index is 14.2. The summed E-state index contributed by atoms with van der Waals surface area (Å²) in [5.41, 5.74) is 0.240. The third-order valence-electron chi connectivity index (χ3n) is 5.49. The molecule has 1 heterocycles. The van der Waals surface area contributed by atoms with Gasteiger partial charge in [0.15, 0.2) is 0 Å². The number of hydrogen-bond acceptors (Lipinski definition) is 6. The molecule has 0 fully saturated rings. The minimum atomic E-state index is -1.49. The second-order valence-electron chi connectivity index (χ2n) is 8.16. The highest BCUT2D eigenvalue weighted by Gasteiger charge is 2.36. The van der Waals surface area contributed by atoms with Crippen LogP contribution in [0.2, 0.25) is 5.02 Å². The van der Waals surface area contributed by atoms with Gasteiger partial charge in [-0.25, -0.2) is 4.39 Å². The van der Waals surface area contributed by atoms with Crippen molar-refractivity contribution in [2.75, 3.05) is 13.7 Å². The van der Waals surface area contributed by atoms with E-state index in [0.29, 0.717) is 16.1 Å². The first-order valence-electron chi connectivity index (χ1n) is 10.4. The van der Waals surface area contributed by atoms with Crippen molar-refractivity contribution in [3.8, 4) is 17.0 Å². The molecule has 8 nitrogen and oxygen atoms in total. The zero-order valence-electron chi connectivity index (χ0n) is 18.5. The number of aliphatic hydroxyl groups excluding tert-OH is 1. The third-order valence-corrected chi connectivity index (χ3v) is 5.73. The van der Waals surface area contributed by atoms with Crippen molar-refractivity contribution in [3.05, 3.63) is 70.7 Å². The minimum Gasteiger partial charge on any atom is -0.481 e. The first-order valence-corrected chi connectivity index (χ1v) is 10.7. The molecule has 2 unspecified atom stereocenters. The zero-order valence-corrected chi connectivity index (χ0v) is 19.3. The van der Waals surface area contributed by atoms with E-state index in [1.807, 2.05) is 0 Å². The number of ether oxygens (including phenoxy) is 1. The summed E-state index contributed by atoms with van der Waals surface area (Å²) in [5, 5.41) is 26.0. The fourth-order valence-electron chi connectivity index (χ4n) is 3.48. The fraction of sp³-hybridized carbons (Fsp3) is 0.292. The number of rotatable bonds is 10. The van der Waals surface area contributed by atoms with Crippen LogP contribution in [-0.4, -0.2) is 47.0 Å². The van der Waals surface area contributed by atoms with Crippen LogP contribution in [0.5, 0.6) is 5.88 Å². The molecule has 180 valence electrons. The summed E-state index contributed by atoms with van der Waals surface area (Å²) in [4.78, 5) is 24.4. The topological polar surface area (TPSA) is 122 Å². The lowest BCUT2D eigenvalue weighted by Gasteiger charge is -2.28. The second kappa shape index (κ2) is 10.7. The van der Waals surface area contributed by atoms with Crippen LogP contribution in [0, 0.1) is 11.2 Å². The predicted octanol–water partition coefficient (Wildman–Crippen LogP) is 3.96. The van der Waals surface area contributed by atoms with Crippen LogP contribution >= 0.6 is 11.6 Å². The van der Waals surface area contributed by atoms with E-state index >= 15 is 0 Å². The maximum absolute atomic E-state index is 14.2. The second-order valence-corrected chi connectivity index (χ2v) is 8.59. The SMILES string of the molecule is COc1cc(C(=O)NC(Cc2ccc(-c3cc(Cl)ccc3F)cc2)CC(C)(CO)C(=O)O)on1. The van der Waals surface area contributed by atoms with Gasteiger partial charge in [0.05, 0.1) is 25.2 Å². The van der Waals surface area contributed by atoms with E-state index in [2.05, 4.69) is 10.5 Å². The Hall–Kier alpha value is -3.43. The molecule has 1 amide bonds. The Bertz CT molecular complexity index is 1170. The minimum absolute atomic E-state index is 0.0550. The third kappa shape index (κ3) is 5.92.